The molecule has 0 spiro atoms. The molecule has 5 rings (SSSR count). The fraction of sp³-hybridized carbons (Fsp3) is 0.409. The minimum absolute atomic E-state index is 0.0697. The summed E-state index contributed by atoms with van der Waals surface area (Å²) in [7, 11) is 1.24. The zero-order valence-electron chi connectivity index (χ0n) is 18.2. The van der Waals surface area contributed by atoms with Crippen LogP contribution in [0.3, 0.4) is 0 Å². The van der Waals surface area contributed by atoms with Crippen molar-refractivity contribution in [3.05, 3.63) is 34.8 Å². The number of carbonyl (C=O) groups is 4. The highest BCUT2D eigenvalue weighted by atomic mass is 32.1. The van der Waals surface area contributed by atoms with Crippen molar-refractivity contribution in [2.75, 3.05) is 19.2 Å². The van der Waals surface area contributed by atoms with Crippen LogP contribution in [0.4, 0.5) is 9.93 Å². The standard InChI is InChI=1S/C22H22N4O7S/c1-31-20(29)14-9-34-21(23-14)25-18(27)15(7-11-2-3-11)26-19(28)13(24-22(26)30)6-12-4-5-16-17(8-12)33-10-32-16/h4-5,8-9,11,13,15H,2-3,6-7,10H2,1H3,(H,24,30)(H,23,25,27)/t13-,15?/m1/s1. The number of ether oxygens (including phenoxy) is 3. The third-order valence-corrected chi connectivity index (χ3v) is 6.68. The second kappa shape index (κ2) is 8.93. The van der Waals surface area contributed by atoms with Gasteiger partial charge in [0, 0.05) is 11.8 Å². The van der Waals surface area contributed by atoms with E-state index in [-0.39, 0.29) is 30.0 Å². The Morgan fingerprint density at radius 3 is 2.85 bits per heavy atom. The maximum absolute atomic E-state index is 13.2. The van der Waals surface area contributed by atoms with E-state index in [1.54, 1.807) is 12.1 Å². The highest BCUT2D eigenvalue weighted by molar-refractivity contribution is 7.14. The van der Waals surface area contributed by atoms with Crippen LogP contribution in [-0.2, 0) is 20.7 Å². The molecule has 0 bridgehead atoms. The number of carbonyl (C=O) groups excluding carboxylic acids is 4. The number of methoxy groups -OCH3 is 1. The Kier molecular flexibility index (Phi) is 5.82. The number of imide groups is 1. The molecule has 12 heteroatoms. The largest absolute Gasteiger partial charge is 0.464 e. The summed E-state index contributed by atoms with van der Waals surface area (Å²) in [6.45, 7) is 0.143. The topological polar surface area (TPSA) is 136 Å². The van der Waals surface area contributed by atoms with Gasteiger partial charge in [-0.2, -0.15) is 0 Å². The summed E-state index contributed by atoms with van der Waals surface area (Å²) in [6, 6.07) is 2.97. The minimum Gasteiger partial charge on any atom is -0.464 e. The van der Waals surface area contributed by atoms with Crippen molar-refractivity contribution in [2.24, 2.45) is 5.92 Å². The van der Waals surface area contributed by atoms with E-state index in [1.807, 2.05) is 6.07 Å². The van der Waals surface area contributed by atoms with Crippen LogP contribution in [0, 0.1) is 5.92 Å². The predicted octanol–water partition coefficient (Wildman–Crippen LogP) is 1.93. The van der Waals surface area contributed by atoms with Gasteiger partial charge < -0.3 is 24.8 Å². The number of amides is 4. The van der Waals surface area contributed by atoms with Gasteiger partial charge in [0.05, 0.1) is 7.11 Å². The van der Waals surface area contributed by atoms with Crippen LogP contribution in [0.2, 0.25) is 0 Å². The van der Waals surface area contributed by atoms with Gasteiger partial charge in [-0.25, -0.2) is 19.5 Å². The van der Waals surface area contributed by atoms with E-state index >= 15 is 0 Å². The number of fused-ring (bicyclic) bond motifs is 1. The van der Waals surface area contributed by atoms with Gasteiger partial charge in [-0.05, 0) is 30.0 Å². The van der Waals surface area contributed by atoms with E-state index in [2.05, 4.69) is 20.4 Å². The van der Waals surface area contributed by atoms with Gasteiger partial charge in [0.2, 0.25) is 12.7 Å². The molecule has 1 aromatic carbocycles. The molecule has 11 nitrogen and oxygen atoms in total. The summed E-state index contributed by atoms with van der Waals surface area (Å²) in [6.07, 6.45) is 2.51. The van der Waals surface area contributed by atoms with Crippen molar-refractivity contribution in [3.8, 4) is 11.5 Å². The van der Waals surface area contributed by atoms with Crippen molar-refractivity contribution in [2.45, 2.75) is 37.8 Å². The van der Waals surface area contributed by atoms with Crippen molar-refractivity contribution in [1.29, 1.82) is 0 Å². The van der Waals surface area contributed by atoms with Gasteiger partial charge in [-0.3, -0.25) is 9.59 Å². The summed E-state index contributed by atoms with van der Waals surface area (Å²) < 4.78 is 15.3. The van der Waals surface area contributed by atoms with E-state index < -0.39 is 35.9 Å². The average Bonchev–Trinajstić information content (AvgIpc) is 3.20. The number of rotatable bonds is 8. The predicted molar refractivity (Wildman–Crippen MR) is 119 cm³/mol. The molecule has 1 unspecified atom stereocenters. The Balaban J connectivity index is 1.30. The van der Waals surface area contributed by atoms with Crippen molar-refractivity contribution in [3.63, 3.8) is 0 Å². The number of esters is 1. The number of thiazole rings is 1. The number of urea groups is 1. The van der Waals surface area contributed by atoms with Crippen molar-refractivity contribution >= 4 is 40.3 Å². The molecule has 4 amide bonds. The molecule has 178 valence electrons. The molecular formula is C22H22N4O7S. The lowest BCUT2D eigenvalue weighted by atomic mass is 10.0. The van der Waals surface area contributed by atoms with Crippen LogP contribution in [0.25, 0.3) is 0 Å². The van der Waals surface area contributed by atoms with E-state index in [0.29, 0.717) is 17.9 Å². The van der Waals surface area contributed by atoms with Crippen LogP contribution in [0.1, 0.15) is 35.3 Å². The smallest absolute Gasteiger partial charge is 0.357 e. The summed E-state index contributed by atoms with van der Waals surface area (Å²) >= 11 is 1.06. The molecule has 1 saturated heterocycles. The van der Waals surface area contributed by atoms with Crippen LogP contribution < -0.4 is 20.1 Å². The fourth-order valence-corrected chi connectivity index (χ4v) is 4.69. The summed E-state index contributed by atoms with van der Waals surface area (Å²) in [5.41, 5.74) is 0.867. The number of nitrogens with zero attached hydrogens (tertiary/aromatic N) is 2. The molecule has 2 aliphatic heterocycles. The third kappa shape index (κ3) is 4.40. The maximum Gasteiger partial charge on any atom is 0.357 e. The highest BCUT2D eigenvalue weighted by Gasteiger charge is 2.46. The van der Waals surface area contributed by atoms with Gasteiger partial charge in [0.1, 0.15) is 12.1 Å². The molecule has 1 aliphatic carbocycles. The van der Waals surface area contributed by atoms with Crippen molar-refractivity contribution < 1.29 is 33.4 Å². The number of hydrogen-bond donors (Lipinski definition) is 2. The second-order valence-corrected chi connectivity index (χ2v) is 9.17. The number of benzene rings is 1. The second-order valence-electron chi connectivity index (χ2n) is 8.32. The fourth-order valence-electron chi connectivity index (χ4n) is 4.00. The Morgan fingerprint density at radius 2 is 2.09 bits per heavy atom. The first-order valence-electron chi connectivity index (χ1n) is 10.8. The maximum atomic E-state index is 13.2. The van der Waals surface area contributed by atoms with Crippen LogP contribution in [0.5, 0.6) is 11.5 Å². The summed E-state index contributed by atoms with van der Waals surface area (Å²) in [5, 5.41) is 7.00. The van der Waals surface area contributed by atoms with E-state index in [4.69, 9.17) is 9.47 Å². The Hall–Kier alpha value is -3.67. The van der Waals surface area contributed by atoms with Gasteiger partial charge >= 0.3 is 12.0 Å². The minimum atomic E-state index is -0.979. The van der Waals surface area contributed by atoms with Crippen LogP contribution >= 0.6 is 11.3 Å². The molecule has 3 heterocycles. The molecule has 2 atom stereocenters. The Labute approximate surface area is 198 Å². The monoisotopic (exact) mass is 486 g/mol. The molecule has 1 saturated carbocycles. The van der Waals surface area contributed by atoms with Crippen LogP contribution in [-0.4, -0.2) is 59.7 Å². The quantitative estimate of drug-likeness (QED) is 0.427. The molecule has 2 N–H and O–H groups in total. The van der Waals surface area contributed by atoms with Gasteiger partial charge in [-0.15, -0.1) is 11.3 Å². The lowest BCUT2D eigenvalue weighted by molar-refractivity contribution is -0.134. The molecular weight excluding hydrogens is 464 g/mol. The highest BCUT2D eigenvalue weighted by Crippen LogP contribution is 2.36. The van der Waals surface area contributed by atoms with Gasteiger partial charge in [0.15, 0.2) is 22.3 Å². The zero-order valence-corrected chi connectivity index (χ0v) is 19.1. The molecule has 1 aromatic heterocycles. The third-order valence-electron chi connectivity index (χ3n) is 5.93. The van der Waals surface area contributed by atoms with Gasteiger partial charge in [-0.1, -0.05) is 18.9 Å². The van der Waals surface area contributed by atoms with E-state index in [1.165, 1.54) is 12.5 Å². The SMILES string of the molecule is COC(=O)c1csc(NC(=O)C(CC2CC2)N2C(=O)N[C@H](Cc3ccc4c(c3)OCO4)C2=O)n1. The summed E-state index contributed by atoms with van der Waals surface area (Å²) in [5.74, 6) is -0.113. The first kappa shape index (κ1) is 22.1. The van der Waals surface area contributed by atoms with E-state index in [0.717, 1.165) is 34.6 Å². The molecule has 34 heavy (non-hydrogen) atoms. The first-order valence-corrected chi connectivity index (χ1v) is 11.7. The number of hydrogen-bond acceptors (Lipinski definition) is 9. The Morgan fingerprint density at radius 1 is 1.29 bits per heavy atom. The summed E-state index contributed by atoms with van der Waals surface area (Å²) in [4.78, 5) is 55.8. The van der Waals surface area contributed by atoms with E-state index in [9.17, 15) is 19.2 Å². The lowest BCUT2D eigenvalue weighted by Crippen LogP contribution is -2.48. The average molecular weight is 487 g/mol. The van der Waals surface area contributed by atoms with Crippen molar-refractivity contribution in [1.82, 2.24) is 15.2 Å². The Bertz CT molecular complexity index is 1160. The molecule has 2 fully saturated rings. The van der Waals surface area contributed by atoms with Crippen LogP contribution in [0.15, 0.2) is 23.6 Å². The molecule has 3 aliphatic rings. The molecule has 2 aromatic rings. The number of nitrogens with one attached hydrogen (secondary N) is 2. The normalized spacial score (nSPS) is 19.7. The lowest BCUT2D eigenvalue weighted by Gasteiger charge is -2.24. The number of anilines is 1. The zero-order chi connectivity index (χ0) is 23.8. The van der Waals surface area contributed by atoms with Gasteiger partial charge in [0.25, 0.3) is 5.91 Å². The molecule has 0 radical (unpaired) electrons. The number of aromatic nitrogens is 1. The first-order chi connectivity index (χ1) is 16.4.